The van der Waals surface area contributed by atoms with Crippen molar-refractivity contribution in [3.63, 3.8) is 0 Å². The summed E-state index contributed by atoms with van der Waals surface area (Å²) in [6.45, 7) is 5.53. The van der Waals surface area contributed by atoms with E-state index in [2.05, 4.69) is 10.3 Å². The van der Waals surface area contributed by atoms with Crippen molar-refractivity contribution in [2.45, 2.75) is 33.3 Å². The van der Waals surface area contributed by atoms with Gasteiger partial charge in [0.05, 0.1) is 18.0 Å². The second kappa shape index (κ2) is 6.88. The lowest BCUT2D eigenvalue weighted by molar-refractivity contribution is -0.141. The van der Waals surface area contributed by atoms with Gasteiger partial charge < -0.3 is 10.2 Å². The molecule has 0 radical (unpaired) electrons. The number of rotatable bonds is 5. The number of carbonyl (C=O) groups is 1. The van der Waals surface area contributed by atoms with Gasteiger partial charge in [-0.25, -0.2) is 4.68 Å². The summed E-state index contributed by atoms with van der Waals surface area (Å²) < 4.78 is 1.71. The minimum atomic E-state index is -0.861. The van der Waals surface area contributed by atoms with Crippen molar-refractivity contribution < 1.29 is 15.0 Å². The lowest BCUT2D eigenvalue weighted by Crippen LogP contribution is -2.21. The highest BCUT2D eigenvalue weighted by Gasteiger charge is 2.29. The number of aliphatic carboxylic acids is 1. The van der Waals surface area contributed by atoms with E-state index in [1.54, 1.807) is 11.6 Å². The predicted molar refractivity (Wildman–Crippen MR) is 99.0 cm³/mol. The topological polar surface area (TPSA) is 88.2 Å². The molecule has 2 atom stereocenters. The molecule has 0 spiro atoms. The number of nitrogens with zero attached hydrogens (tertiary/aromatic N) is 3. The Balaban J connectivity index is 2.22. The monoisotopic (exact) mass is 353 g/mol. The van der Waals surface area contributed by atoms with E-state index in [-0.39, 0.29) is 12.5 Å². The summed E-state index contributed by atoms with van der Waals surface area (Å²) in [7, 11) is 1.83. The van der Waals surface area contributed by atoms with Crippen LogP contribution in [0.2, 0.25) is 0 Å². The number of aromatic nitrogens is 3. The normalized spacial score (nSPS) is 13.7. The first kappa shape index (κ1) is 18.1. The van der Waals surface area contributed by atoms with E-state index in [1.807, 2.05) is 51.2 Å². The van der Waals surface area contributed by atoms with Gasteiger partial charge in [-0.05, 0) is 47.7 Å². The van der Waals surface area contributed by atoms with Crippen molar-refractivity contribution in [3.05, 3.63) is 58.1 Å². The van der Waals surface area contributed by atoms with Gasteiger partial charge in [-0.1, -0.05) is 36.4 Å². The molecule has 0 aliphatic heterocycles. The molecule has 0 fully saturated rings. The molecule has 0 aliphatic rings. The molecule has 2 N–H and O–H groups in total. The van der Waals surface area contributed by atoms with Crippen LogP contribution in [-0.4, -0.2) is 31.2 Å². The highest BCUT2D eigenvalue weighted by Crippen LogP contribution is 2.37. The van der Waals surface area contributed by atoms with Gasteiger partial charge in [-0.15, -0.1) is 5.10 Å². The van der Waals surface area contributed by atoms with Crippen LogP contribution in [0.1, 0.15) is 40.7 Å². The Morgan fingerprint density at radius 3 is 2.62 bits per heavy atom. The fraction of sp³-hybridized carbons (Fsp3) is 0.350. The lowest BCUT2D eigenvalue weighted by atomic mass is 9.79. The van der Waals surface area contributed by atoms with Crippen molar-refractivity contribution in [3.8, 4) is 0 Å². The van der Waals surface area contributed by atoms with Gasteiger partial charge in [0.1, 0.15) is 5.52 Å². The molecule has 0 saturated carbocycles. The summed E-state index contributed by atoms with van der Waals surface area (Å²) in [4.78, 5) is 11.8. The highest BCUT2D eigenvalue weighted by atomic mass is 16.4. The third-order valence-corrected chi connectivity index (χ3v) is 5.21. The van der Waals surface area contributed by atoms with Crippen molar-refractivity contribution in [1.29, 1.82) is 0 Å². The molecule has 136 valence electrons. The molecular weight excluding hydrogens is 330 g/mol. The number of aliphatic hydroxyl groups excluding tert-OH is 1. The van der Waals surface area contributed by atoms with Crippen LogP contribution in [-0.2, 0) is 18.4 Å². The fourth-order valence-electron chi connectivity index (χ4n) is 3.52. The molecule has 26 heavy (non-hydrogen) atoms. The van der Waals surface area contributed by atoms with Crippen molar-refractivity contribution >= 4 is 17.0 Å². The molecule has 6 nitrogen and oxygen atoms in total. The average Bonchev–Trinajstić information content (AvgIpc) is 3.00. The summed E-state index contributed by atoms with van der Waals surface area (Å²) in [5.74, 6) is -1.83. The molecule has 0 amide bonds. The molecule has 2 aromatic carbocycles. The molecule has 1 heterocycles. The number of fused-ring (bicyclic) bond motifs is 1. The quantitative estimate of drug-likeness (QED) is 0.736. The number of aryl methyl sites for hydroxylation is 3. The van der Waals surface area contributed by atoms with Gasteiger partial charge in [0, 0.05) is 13.0 Å². The van der Waals surface area contributed by atoms with E-state index in [1.165, 1.54) is 0 Å². The third-order valence-electron chi connectivity index (χ3n) is 5.21. The van der Waals surface area contributed by atoms with E-state index in [9.17, 15) is 15.0 Å². The summed E-state index contributed by atoms with van der Waals surface area (Å²) in [6, 6.07) is 9.67. The summed E-state index contributed by atoms with van der Waals surface area (Å²) in [5.41, 5.74) is 6.21. The summed E-state index contributed by atoms with van der Waals surface area (Å²) >= 11 is 0. The zero-order valence-electron chi connectivity index (χ0n) is 15.4. The van der Waals surface area contributed by atoms with Crippen LogP contribution >= 0.6 is 0 Å². The van der Waals surface area contributed by atoms with E-state index in [0.29, 0.717) is 0 Å². The van der Waals surface area contributed by atoms with E-state index in [4.69, 9.17) is 0 Å². The first-order valence-corrected chi connectivity index (χ1v) is 8.57. The Kier molecular flexibility index (Phi) is 4.78. The van der Waals surface area contributed by atoms with Crippen molar-refractivity contribution in [2.24, 2.45) is 13.0 Å². The molecule has 0 aliphatic carbocycles. The number of carboxylic acid groups (broad SMARTS) is 1. The van der Waals surface area contributed by atoms with Crippen LogP contribution in [0, 0.1) is 19.8 Å². The van der Waals surface area contributed by atoms with Gasteiger partial charge in [-0.3, -0.25) is 4.79 Å². The Labute approximate surface area is 152 Å². The minimum absolute atomic E-state index is 0.0734. The molecule has 0 bridgehead atoms. The summed E-state index contributed by atoms with van der Waals surface area (Å²) in [6.07, 6.45) is 0. The Morgan fingerprint density at radius 1 is 1.23 bits per heavy atom. The van der Waals surface area contributed by atoms with E-state index in [0.717, 1.165) is 38.9 Å². The number of benzene rings is 2. The Bertz CT molecular complexity index is 978. The van der Waals surface area contributed by atoms with Crippen LogP contribution in [0.25, 0.3) is 11.0 Å². The maximum absolute atomic E-state index is 11.8. The summed E-state index contributed by atoms with van der Waals surface area (Å²) in [5, 5.41) is 27.6. The average molecular weight is 353 g/mol. The molecule has 0 saturated heterocycles. The van der Waals surface area contributed by atoms with Gasteiger partial charge in [0.25, 0.3) is 0 Å². The second-order valence-electron chi connectivity index (χ2n) is 6.81. The zero-order chi connectivity index (χ0) is 19.0. The van der Waals surface area contributed by atoms with Crippen LogP contribution in [0.5, 0.6) is 0 Å². The molecular formula is C20H23N3O3. The van der Waals surface area contributed by atoms with Gasteiger partial charge >= 0.3 is 5.97 Å². The van der Waals surface area contributed by atoms with Crippen molar-refractivity contribution in [2.75, 3.05) is 0 Å². The van der Waals surface area contributed by atoms with Crippen LogP contribution in [0.4, 0.5) is 0 Å². The first-order chi connectivity index (χ1) is 12.3. The minimum Gasteiger partial charge on any atom is -0.481 e. The zero-order valence-corrected chi connectivity index (χ0v) is 15.4. The number of aliphatic hydroxyl groups is 1. The maximum Gasteiger partial charge on any atom is 0.307 e. The smallest absolute Gasteiger partial charge is 0.307 e. The lowest BCUT2D eigenvalue weighted by Gasteiger charge is -2.25. The van der Waals surface area contributed by atoms with E-state index < -0.39 is 11.9 Å². The SMILES string of the molecule is Cc1ccc([C@H](c2ccc3c(nnn3C)c2C)[C@H](C)C(=O)O)cc1CO. The maximum atomic E-state index is 11.8. The fourth-order valence-corrected chi connectivity index (χ4v) is 3.52. The van der Waals surface area contributed by atoms with Gasteiger partial charge in [0.15, 0.2) is 0 Å². The standard InChI is InChI=1S/C20H23N3O3/c1-11-5-6-14(9-15(11)10-24)18(13(3)20(25)26)16-7-8-17-19(12(16)2)21-22-23(17)4/h5-9,13,18,24H,10H2,1-4H3,(H,25,26)/t13-,18+/m0/s1. The van der Waals surface area contributed by atoms with Crippen molar-refractivity contribution in [1.82, 2.24) is 15.0 Å². The van der Waals surface area contributed by atoms with Crippen LogP contribution in [0.3, 0.4) is 0 Å². The van der Waals surface area contributed by atoms with E-state index >= 15 is 0 Å². The Hall–Kier alpha value is -2.73. The van der Waals surface area contributed by atoms with Gasteiger partial charge in [0.2, 0.25) is 0 Å². The predicted octanol–water partition coefficient (Wildman–Crippen LogP) is 2.93. The molecule has 0 unspecified atom stereocenters. The Morgan fingerprint density at radius 2 is 1.96 bits per heavy atom. The highest BCUT2D eigenvalue weighted by molar-refractivity contribution is 5.80. The molecule has 1 aromatic heterocycles. The van der Waals surface area contributed by atoms with Gasteiger partial charge in [-0.2, -0.15) is 0 Å². The van der Waals surface area contributed by atoms with Crippen LogP contribution < -0.4 is 0 Å². The number of carboxylic acids is 1. The third kappa shape index (κ3) is 2.97. The largest absolute Gasteiger partial charge is 0.481 e. The number of hydrogen-bond donors (Lipinski definition) is 2. The van der Waals surface area contributed by atoms with Crippen LogP contribution in [0.15, 0.2) is 30.3 Å². The number of hydrogen-bond acceptors (Lipinski definition) is 4. The molecule has 3 aromatic rings. The molecule has 3 rings (SSSR count). The first-order valence-electron chi connectivity index (χ1n) is 8.57. The molecule has 6 heteroatoms. The second-order valence-corrected chi connectivity index (χ2v) is 6.81.